The zero-order valence-corrected chi connectivity index (χ0v) is 13.8. The van der Waals surface area contributed by atoms with Gasteiger partial charge in [0.15, 0.2) is 6.54 Å². The summed E-state index contributed by atoms with van der Waals surface area (Å²) in [5.74, 6) is 0.492. The Morgan fingerprint density at radius 2 is 2.14 bits per heavy atom. The average molecular weight is 325 g/mol. The van der Waals surface area contributed by atoms with E-state index in [0.29, 0.717) is 28.9 Å². The maximum absolute atomic E-state index is 12.1. The second-order valence-corrected chi connectivity index (χ2v) is 6.46. The van der Waals surface area contributed by atoms with Crippen LogP contribution in [0.15, 0.2) is 18.2 Å². The number of hydrogen-bond acceptors (Lipinski definition) is 2. The lowest BCUT2D eigenvalue weighted by Crippen LogP contribution is -3.14. The molecule has 3 N–H and O–H groups in total. The van der Waals surface area contributed by atoms with Crippen LogP contribution in [-0.2, 0) is 9.59 Å². The summed E-state index contributed by atoms with van der Waals surface area (Å²) < 4.78 is 0. The van der Waals surface area contributed by atoms with Crippen LogP contribution in [0.5, 0.6) is 0 Å². The van der Waals surface area contributed by atoms with Gasteiger partial charge in [-0.1, -0.05) is 18.5 Å². The van der Waals surface area contributed by atoms with E-state index in [1.807, 2.05) is 0 Å². The number of rotatable bonds is 4. The normalized spacial score (nSPS) is 21.2. The number of likely N-dealkylation sites (tertiary alicyclic amines) is 1. The summed E-state index contributed by atoms with van der Waals surface area (Å²) in [5, 5.41) is 5.92. The van der Waals surface area contributed by atoms with Gasteiger partial charge in [0.1, 0.15) is 0 Å². The molecule has 6 heteroatoms. The van der Waals surface area contributed by atoms with Crippen molar-refractivity contribution < 1.29 is 14.5 Å². The van der Waals surface area contributed by atoms with E-state index >= 15 is 0 Å². The first-order valence-corrected chi connectivity index (χ1v) is 8.02. The fraction of sp³-hybridized carbons (Fsp3) is 0.500. The summed E-state index contributed by atoms with van der Waals surface area (Å²) in [5.41, 5.74) is 1.19. The number of carbonyl (C=O) groups is 2. The van der Waals surface area contributed by atoms with Crippen LogP contribution in [0.25, 0.3) is 0 Å². The molecule has 1 aliphatic rings. The number of piperidine rings is 1. The molecule has 1 aromatic carbocycles. The molecule has 0 spiro atoms. The molecule has 0 aliphatic carbocycles. The third-order valence-corrected chi connectivity index (χ3v) is 4.15. The lowest BCUT2D eigenvalue weighted by Gasteiger charge is -2.27. The average Bonchev–Trinajstić information content (AvgIpc) is 2.41. The Kier molecular flexibility index (Phi) is 5.80. The molecule has 5 nitrogen and oxygen atoms in total. The van der Waals surface area contributed by atoms with Crippen LogP contribution < -0.4 is 15.5 Å². The van der Waals surface area contributed by atoms with E-state index in [2.05, 4.69) is 17.6 Å². The van der Waals surface area contributed by atoms with Gasteiger partial charge in [0, 0.05) is 18.5 Å². The molecule has 1 unspecified atom stereocenters. The second-order valence-electron chi connectivity index (χ2n) is 6.05. The van der Waals surface area contributed by atoms with E-state index in [-0.39, 0.29) is 11.8 Å². The fourth-order valence-electron chi connectivity index (χ4n) is 2.88. The van der Waals surface area contributed by atoms with Crippen LogP contribution in [0.3, 0.4) is 0 Å². The second kappa shape index (κ2) is 7.61. The van der Waals surface area contributed by atoms with Crippen LogP contribution in [-0.4, -0.2) is 31.4 Å². The van der Waals surface area contributed by atoms with Gasteiger partial charge < -0.3 is 15.5 Å². The summed E-state index contributed by atoms with van der Waals surface area (Å²) >= 11 is 6.15. The summed E-state index contributed by atoms with van der Waals surface area (Å²) in [7, 11) is 0. The maximum atomic E-state index is 12.1. The minimum absolute atomic E-state index is 0.0294. The molecule has 2 rings (SSSR count). The van der Waals surface area contributed by atoms with E-state index in [4.69, 9.17) is 11.6 Å². The Morgan fingerprint density at radius 3 is 2.77 bits per heavy atom. The van der Waals surface area contributed by atoms with Crippen molar-refractivity contribution in [3.63, 3.8) is 0 Å². The summed E-state index contributed by atoms with van der Waals surface area (Å²) in [4.78, 5) is 24.5. The molecule has 2 atom stereocenters. The van der Waals surface area contributed by atoms with Crippen molar-refractivity contribution in [2.45, 2.75) is 26.7 Å². The molecule has 1 aliphatic heterocycles. The topological polar surface area (TPSA) is 62.6 Å². The molecule has 0 radical (unpaired) electrons. The Labute approximate surface area is 136 Å². The lowest BCUT2D eigenvalue weighted by molar-refractivity contribution is -0.900. The Balaban J connectivity index is 1.92. The monoisotopic (exact) mass is 324 g/mol. The van der Waals surface area contributed by atoms with Crippen LogP contribution in [0.2, 0.25) is 5.02 Å². The van der Waals surface area contributed by atoms with Crippen molar-refractivity contribution in [1.29, 1.82) is 0 Å². The van der Waals surface area contributed by atoms with Gasteiger partial charge in [-0.3, -0.25) is 9.59 Å². The van der Waals surface area contributed by atoms with E-state index in [1.165, 1.54) is 24.7 Å². The van der Waals surface area contributed by atoms with Crippen molar-refractivity contribution in [3.05, 3.63) is 23.2 Å². The first kappa shape index (κ1) is 16.8. The molecule has 22 heavy (non-hydrogen) atoms. The van der Waals surface area contributed by atoms with Gasteiger partial charge in [-0.25, -0.2) is 0 Å². The predicted octanol–water partition coefficient (Wildman–Crippen LogP) is 1.55. The number of halogens is 1. The summed E-state index contributed by atoms with van der Waals surface area (Å²) in [6.07, 6.45) is 2.43. The third kappa shape index (κ3) is 5.00. The minimum atomic E-state index is -0.157. The zero-order chi connectivity index (χ0) is 16.1. The number of benzene rings is 1. The smallest absolute Gasteiger partial charge is 0.279 e. The minimum Gasteiger partial charge on any atom is -0.327 e. The van der Waals surface area contributed by atoms with Crippen molar-refractivity contribution in [2.75, 3.05) is 30.3 Å². The Bertz CT molecular complexity index is 562. The van der Waals surface area contributed by atoms with Crippen molar-refractivity contribution in [2.24, 2.45) is 5.92 Å². The van der Waals surface area contributed by atoms with Gasteiger partial charge in [0.05, 0.1) is 23.8 Å². The number of carbonyl (C=O) groups excluding carboxylic acids is 2. The van der Waals surface area contributed by atoms with Crippen LogP contribution in [0, 0.1) is 5.92 Å². The zero-order valence-electron chi connectivity index (χ0n) is 13.0. The summed E-state index contributed by atoms with van der Waals surface area (Å²) in [6, 6.07) is 5.06. The van der Waals surface area contributed by atoms with Gasteiger partial charge in [0.25, 0.3) is 5.91 Å². The predicted molar refractivity (Wildman–Crippen MR) is 88.3 cm³/mol. The molecule has 0 bridgehead atoms. The van der Waals surface area contributed by atoms with E-state index in [9.17, 15) is 9.59 Å². The quantitative estimate of drug-likeness (QED) is 0.787. The Morgan fingerprint density at radius 1 is 1.36 bits per heavy atom. The molecule has 120 valence electrons. The lowest BCUT2D eigenvalue weighted by atomic mass is 10.0. The molecule has 1 saturated heterocycles. The number of anilines is 2. The highest BCUT2D eigenvalue weighted by Crippen LogP contribution is 2.25. The van der Waals surface area contributed by atoms with Gasteiger partial charge in [-0.15, -0.1) is 0 Å². The first-order valence-electron chi connectivity index (χ1n) is 7.64. The number of quaternary nitrogens is 1. The van der Waals surface area contributed by atoms with Crippen molar-refractivity contribution >= 4 is 34.8 Å². The highest BCUT2D eigenvalue weighted by Gasteiger charge is 2.22. The van der Waals surface area contributed by atoms with Crippen LogP contribution >= 0.6 is 11.6 Å². The molecule has 1 heterocycles. The number of hydrogen-bond donors (Lipinski definition) is 3. The van der Waals surface area contributed by atoms with Gasteiger partial charge in [0.2, 0.25) is 5.91 Å². The third-order valence-electron chi connectivity index (χ3n) is 3.84. The summed E-state index contributed by atoms with van der Waals surface area (Å²) in [6.45, 7) is 6.23. The number of nitrogens with one attached hydrogen (secondary N) is 3. The first-order chi connectivity index (χ1) is 10.4. The van der Waals surface area contributed by atoms with Crippen molar-refractivity contribution in [3.8, 4) is 0 Å². The van der Waals surface area contributed by atoms with Crippen LogP contribution in [0.4, 0.5) is 11.4 Å². The molecule has 1 fully saturated rings. The van der Waals surface area contributed by atoms with Crippen LogP contribution in [0.1, 0.15) is 26.7 Å². The standard InChI is InChI=1S/C16H22ClN3O2/c1-11-4-3-7-20(9-11)10-16(22)19-15-6-5-13(8-14(15)17)18-12(2)21/h5-6,8,11H,3-4,7,9-10H2,1-2H3,(H,18,21)(H,19,22)/p+1/t11-/m0/s1. The SMILES string of the molecule is CC(=O)Nc1ccc(NC(=O)C[NH+]2CCC[C@H](C)C2)c(Cl)c1. The molecular weight excluding hydrogens is 302 g/mol. The Hall–Kier alpha value is -1.59. The fourth-order valence-corrected chi connectivity index (χ4v) is 3.10. The highest BCUT2D eigenvalue weighted by atomic mass is 35.5. The molecule has 0 saturated carbocycles. The van der Waals surface area contributed by atoms with Crippen molar-refractivity contribution in [1.82, 2.24) is 0 Å². The molecule has 2 amide bonds. The van der Waals surface area contributed by atoms with E-state index in [1.54, 1.807) is 18.2 Å². The van der Waals surface area contributed by atoms with Gasteiger partial charge in [-0.05, 0) is 31.0 Å². The largest absolute Gasteiger partial charge is 0.327 e. The van der Waals surface area contributed by atoms with E-state index in [0.717, 1.165) is 13.1 Å². The van der Waals surface area contributed by atoms with E-state index < -0.39 is 0 Å². The van der Waals surface area contributed by atoms with Gasteiger partial charge in [-0.2, -0.15) is 0 Å². The highest BCUT2D eigenvalue weighted by molar-refractivity contribution is 6.34. The molecular formula is C16H23ClN3O2+. The number of amides is 2. The van der Waals surface area contributed by atoms with Gasteiger partial charge >= 0.3 is 0 Å². The maximum Gasteiger partial charge on any atom is 0.279 e. The molecule has 0 aromatic heterocycles. The molecule has 1 aromatic rings.